The second kappa shape index (κ2) is 3.85. The van der Waals surface area contributed by atoms with Gasteiger partial charge in [-0.15, -0.1) is 0 Å². The molecule has 0 fully saturated rings. The number of carbonyl (C=O) groups excluding carboxylic acids is 1. The molecule has 0 N–H and O–H groups in total. The first-order valence-corrected chi connectivity index (χ1v) is 3.80. The van der Waals surface area contributed by atoms with Crippen molar-refractivity contribution in [2.75, 3.05) is 0 Å². The van der Waals surface area contributed by atoms with Crippen LogP contribution in [0.25, 0.3) is 0 Å². The van der Waals surface area contributed by atoms with Crippen molar-refractivity contribution in [2.45, 2.75) is 19.8 Å². The Balaban J connectivity index is 2.78. The third-order valence-electron chi connectivity index (χ3n) is 1.59. The molecule has 1 rings (SSSR count). The molecule has 3 nitrogen and oxygen atoms in total. The van der Waals surface area contributed by atoms with Crippen LogP contribution in [0.4, 0.5) is 0 Å². The van der Waals surface area contributed by atoms with Crippen molar-refractivity contribution in [2.24, 2.45) is 0 Å². The molecule has 3 heteroatoms. The molecule has 0 atom stereocenters. The van der Waals surface area contributed by atoms with Gasteiger partial charge in [0.05, 0.1) is 0 Å². The van der Waals surface area contributed by atoms with Crippen LogP contribution in [0.3, 0.4) is 0 Å². The summed E-state index contributed by atoms with van der Waals surface area (Å²) in [5.41, 5.74) is 1.13. The Bertz CT molecular complexity index is 254. The van der Waals surface area contributed by atoms with Gasteiger partial charge >= 0.3 is 0 Å². The van der Waals surface area contributed by atoms with E-state index >= 15 is 0 Å². The van der Waals surface area contributed by atoms with Gasteiger partial charge in [0.15, 0.2) is 0 Å². The Kier molecular flexibility index (Phi) is 2.80. The molecule has 0 amide bonds. The lowest BCUT2D eigenvalue weighted by Gasteiger charge is -2.03. The maximum absolute atomic E-state index is 9.93. The van der Waals surface area contributed by atoms with Crippen LogP contribution in [0.5, 0.6) is 5.88 Å². The number of hydrogen-bond donors (Lipinski definition) is 0. The van der Waals surface area contributed by atoms with Crippen LogP contribution in [-0.4, -0.2) is 11.5 Å². The zero-order valence-corrected chi connectivity index (χ0v) is 7.15. The minimum Gasteiger partial charge on any atom is -0.410 e. The third kappa shape index (κ3) is 2.05. The maximum Gasteiger partial charge on any atom is 0.299 e. The number of aromatic nitrogens is 1. The highest BCUT2D eigenvalue weighted by Crippen LogP contribution is 2.14. The van der Waals surface area contributed by atoms with E-state index in [0.29, 0.717) is 18.3 Å². The number of pyridine rings is 1. The highest BCUT2D eigenvalue weighted by atomic mass is 16.5. The minimum atomic E-state index is 0.342. The van der Waals surface area contributed by atoms with Gasteiger partial charge in [-0.2, -0.15) is 0 Å². The molecule has 0 aliphatic rings. The number of ether oxygens (including phenoxy) is 1. The molecule has 0 aliphatic heterocycles. The highest BCUT2D eigenvalue weighted by molar-refractivity contribution is 5.42. The molecule has 1 aromatic rings. The summed E-state index contributed by atoms with van der Waals surface area (Å²) in [5.74, 6) is 0.789. The van der Waals surface area contributed by atoms with Gasteiger partial charge in [-0.3, -0.25) is 4.79 Å². The van der Waals surface area contributed by atoms with Crippen molar-refractivity contribution in [3.05, 3.63) is 23.9 Å². The molecule has 0 radical (unpaired) electrons. The van der Waals surface area contributed by atoms with E-state index in [-0.39, 0.29) is 0 Å². The van der Waals surface area contributed by atoms with E-state index in [1.54, 1.807) is 12.3 Å². The Morgan fingerprint density at radius 1 is 1.50 bits per heavy atom. The van der Waals surface area contributed by atoms with Crippen molar-refractivity contribution in [1.29, 1.82) is 0 Å². The third-order valence-corrected chi connectivity index (χ3v) is 1.59. The Morgan fingerprint density at radius 3 is 2.67 bits per heavy atom. The topological polar surface area (TPSA) is 39.2 Å². The van der Waals surface area contributed by atoms with Crippen molar-refractivity contribution in [3.63, 3.8) is 0 Å². The summed E-state index contributed by atoms with van der Waals surface area (Å²) in [4.78, 5) is 13.9. The molecule has 0 aliphatic carbocycles. The van der Waals surface area contributed by atoms with Gasteiger partial charge < -0.3 is 4.74 Å². The molecule has 0 unspecified atom stereocenters. The monoisotopic (exact) mass is 165 g/mol. The number of rotatable bonds is 3. The van der Waals surface area contributed by atoms with Gasteiger partial charge in [0.25, 0.3) is 6.47 Å². The lowest BCUT2D eigenvalue weighted by molar-refractivity contribution is -0.120. The molecule has 64 valence electrons. The van der Waals surface area contributed by atoms with Crippen LogP contribution in [0.2, 0.25) is 0 Å². The summed E-state index contributed by atoms with van der Waals surface area (Å²) >= 11 is 0. The van der Waals surface area contributed by atoms with Crippen molar-refractivity contribution in [3.8, 4) is 5.88 Å². The van der Waals surface area contributed by atoms with E-state index < -0.39 is 0 Å². The van der Waals surface area contributed by atoms with Gasteiger partial charge in [0.1, 0.15) is 0 Å². The fourth-order valence-electron chi connectivity index (χ4n) is 0.852. The average Bonchev–Trinajstić information content (AvgIpc) is 2.06. The largest absolute Gasteiger partial charge is 0.410 e. The first-order valence-electron chi connectivity index (χ1n) is 3.80. The van der Waals surface area contributed by atoms with E-state index in [2.05, 4.69) is 23.6 Å². The van der Waals surface area contributed by atoms with Crippen molar-refractivity contribution < 1.29 is 9.53 Å². The summed E-state index contributed by atoms with van der Waals surface area (Å²) in [5, 5.41) is 0. The lowest BCUT2D eigenvalue weighted by atomic mass is 10.1. The van der Waals surface area contributed by atoms with Gasteiger partial charge in [-0.1, -0.05) is 19.9 Å². The van der Waals surface area contributed by atoms with Gasteiger partial charge in [0, 0.05) is 12.3 Å². The predicted molar refractivity (Wildman–Crippen MR) is 45.0 cm³/mol. The normalized spacial score (nSPS) is 9.92. The summed E-state index contributed by atoms with van der Waals surface area (Å²) in [6.07, 6.45) is 1.71. The molecule has 12 heavy (non-hydrogen) atoms. The van der Waals surface area contributed by atoms with Gasteiger partial charge in [-0.05, 0) is 11.5 Å². The predicted octanol–water partition coefficient (Wildman–Crippen LogP) is 1.74. The van der Waals surface area contributed by atoms with Crippen LogP contribution in [-0.2, 0) is 4.79 Å². The summed E-state index contributed by atoms with van der Waals surface area (Å²) in [7, 11) is 0. The smallest absolute Gasteiger partial charge is 0.299 e. The first kappa shape index (κ1) is 8.71. The van der Waals surface area contributed by atoms with Crippen LogP contribution in [0.15, 0.2) is 18.3 Å². The molecule has 0 spiro atoms. The fourth-order valence-corrected chi connectivity index (χ4v) is 0.852. The Morgan fingerprint density at radius 2 is 2.25 bits per heavy atom. The summed E-state index contributed by atoms with van der Waals surface area (Å²) in [6, 6.07) is 3.58. The van der Waals surface area contributed by atoms with Crippen molar-refractivity contribution in [1.82, 2.24) is 4.98 Å². The lowest BCUT2D eigenvalue weighted by Crippen LogP contribution is -1.93. The van der Waals surface area contributed by atoms with Crippen LogP contribution in [0, 0.1) is 0 Å². The van der Waals surface area contributed by atoms with E-state index in [1.165, 1.54) is 0 Å². The summed E-state index contributed by atoms with van der Waals surface area (Å²) in [6.45, 7) is 4.53. The Hall–Kier alpha value is -1.38. The van der Waals surface area contributed by atoms with Crippen LogP contribution in [0.1, 0.15) is 25.3 Å². The molecule has 0 aromatic carbocycles. The molecule has 0 saturated carbocycles. The number of hydrogen-bond acceptors (Lipinski definition) is 3. The van der Waals surface area contributed by atoms with E-state index in [9.17, 15) is 4.79 Å². The Labute approximate surface area is 71.4 Å². The van der Waals surface area contributed by atoms with Crippen LogP contribution >= 0.6 is 0 Å². The first-order chi connectivity index (χ1) is 5.74. The molecular weight excluding hydrogens is 154 g/mol. The van der Waals surface area contributed by atoms with Crippen molar-refractivity contribution >= 4 is 6.47 Å². The standard InChI is InChI=1S/C9H11NO2/c1-7(2)8-3-4-9(10-5-8)12-6-11/h3-7H,1-2H3. The second-order valence-electron chi connectivity index (χ2n) is 2.80. The average molecular weight is 165 g/mol. The molecule has 0 bridgehead atoms. The quantitative estimate of drug-likeness (QED) is 0.640. The van der Waals surface area contributed by atoms with Gasteiger partial charge in [-0.25, -0.2) is 4.98 Å². The fraction of sp³-hybridized carbons (Fsp3) is 0.333. The zero-order valence-electron chi connectivity index (χ0n) is 7.15. The molecule has 1 aromatic heterocycles. The number of carbonyl (C=O) groups is 1. The van der Waals surface area contributed by atoms with Gasteiger partial charge in [0.2, 0.25) is 5.88 Å². The summed E-state index contributed by atoms with van der Waals surface area (Å²) < 4.78 is 4.55. The van der Waals surface area contributed by atoms with Crippen LogP contribution < -0.4 is 4.74 Å². The van der Waals surface area contributed by atoms with E-state index in [0.717, 1.165) is 5.56 Å². The zero-order chi connectivity index (χ0) is 8.97. The number of nitrogens with zero attached hydrogens (tertiary/aromatic N) is 1. The molecular formula is C9H11NO2. The minimum absolute atomic E-state index is 0.342. The molecule has 1 heterocycles. The highest BCUT2D eigenvalue weighted by Gasteiger charge is 1.99. The van der Waals surface area contributed by atoms with E-state index in [4.69, 9.17) is 0 Å². The van der Waals surface area contributed by atoms with E-state index in [1.807, 2.05) is 6.07 Å². The second-order valence-corrected chi connectivity index (χ2v) is 2.80. The SMILES string of the molecule is CC(C)c1ccc(OC=O)nc1. The molecule has 0 saturated heterocycles. The maximum atomic E-state index is 9.93.